The highest BCUT2D eigenvalue weighted by Crippen LogP contribution is 2.17. The van der Waals surface area contributed by atoms with E-state index in [4.69, 9.17) is 5.11 Å². The number of carbonyl (C=O) groups is 2. The molecule has 0 radical (unpaired) electrons. The lowest BCUT2D eigenvalue weighted by molar-refractivity contribution is -0.184. The summed E-state index contributed by atoms with van der Waals surface area (Å²) < 4.78 is 0. The smallest absolute Gasteiger partial charge is 0.396 e. The summed E-state index contributed by atoms with van der Waals surface area (Å²) in [4.78, 5) is 21.3. The van der Waals surface area contributed by atoms with E-state index >= 15 is 0 Å². The van der Waals surface area contributed by atoms with Crippen LogP contribution < -0.4 is 0 Å². The van der Waals surface area contributed by atoms with Gasteiger partial charge in [0.05, 0.1) is 6.04 Å². The zero-order chi connectivity index (χ0) is 11.4. The van der Waals surface area contributed by atoms with E-state index in [0.29, 0.717) is 5.56 Å². The van der Waals surface area contributed by atoms with Crippen molar-refractivity contribution in [2.45, 2.75) is 13.0 Å². The van der Waals surface area contributed by atoms with E-state index in [-0.39, 0.29) is 5.06 Å². The number of hydrogen-bond acceptors (Lipinski definition) is 3. The molecule has 5 nitrogen and oxygen atoms in total. The van der Waals surface area contributed by atoms with Gasteiger partial charge in [-0.2, -0.15) is 0 Å². The van der Waals surface area contributed by atoms with Gasteiger partial charge in [0.25, 0.3) is 0 Å². The summed E-state index contributed by atoms with van der Waals surface area (Å²) >= 11 is 0. The van der Waals surface area contributed by atoms with Gasteiger partial charge >= 0.3 is 11.9 Å². The minimum Gasteiger partial charge on any atom is -0.474 e. The minimum atomic E-state index is -1.68. The standard InChI is InChI=1S/C10H11NO4/c1-7(8-5-3-2-4-6-8)11(15)9(12)10(13)14/h2-7,15H,1H3,(H,13,14). The van der Waals surface area contributed by atoms with Crippen LogP contribution in [0.4, 0.5) is 0 Å². The molecule has 0 aliphatic heterocycles. The van der Waals surface area contributed by atoms with Gasteiger partial charge in [0.15, 0.2) is 0 Å². The topological polar surface area (TPSA) is 77.8 Å². The van der Waals surface area contributed by atoms with Gasteiger partial charge < -0.3 is 5.11 Å². The number of carbonyl (C=O) groups excluding carboxylic acids is 1. The van der Waals surface area contributed by atoms with Crippen molar-refractivity contribution >= 4 is 11.9 Å². The number of hydroxylamine groups is 2. The zero-order valence-corrected chi connectivity index (χ0v) is 8.12. The van der Waals surface area contributed by atoms with Crippen molar-refractivity contribution in [3.8, 4) is 0 Å². The average molecular weight is 209 g/mol. The number of aliphatic carboxylic acids is 1. The van der Waals surface area contributed by atoms with Crippen molar-refractivity contribution in [3.63, 3.8) is 0 Å². The summed E-state index contributed by atoms with van der Waals surface area (Å²) in [7, 11) is 0. The van der Waals surface area contributed by atoms with Crippen molar-refractivity contribution in [3.05, 3.63) is 35.9 Å². The lowest BCUT2D eigenvalue weighted by Crippen LogP contribution is -2.35. The Balaban J connectivity index is 2.82. The van der Waals surface area contributed by atoms with E-state index in [1.165, 1.54) is 6.92 Å². The first kappa shape index (κ1) is 11.2. The van der Waals surface area contributed by atoms with Crippen LogP contribution in [-0.4, -0.2) is 27.3 Å². The lowest BCUT2D eigenvalue weighted by atomic mass is 10.1. The first-order chi connectivity index (χ1) is 7.04. The number of rotatable bonds is 2. The quantitative estimate of drug-likeness (QED) is 0.433. The summed E-state index contributed by atoms with van der Waals surface area (Å²) in [5.41, 5.74) is 0.662. The molecule has 5 heteroatoms. The third-order valence-electron chi connectivity index (χ3n) is 2.04. The molecule has 1 rings (SSSR count). The Labute approximate surface area is 86.5 Å². The van der Waals surface area contributed by atoms with E-state index < -0.39 is 17.9 Å². The second kappa shape index (κ2) is 4.56. The SMILES string of the molecule is CC(c1ccccc1)N(O)C(=O)C(=O)O. The predicted molar refractivity (Wildman–Crippen MR) is 51.1 cm³/mol. The molecule has 0 aliphatic rings. The highest BCUT2D eigenvalue weighted by atomic mass is 16.5. The van der Waals surface area contributed by atoms with Crippen molar-refractivity contribution in [2.75, 3.05) is 0 Å². The molecule has 0 saturated heterocycles. The highest BCUT2D eigenvalue weighted by Gasteiger charge is 2.24. The van der Waals surface area contributed by atoms with E-state index in [9.17, 15) is 14.8 Å². The molecule has 2 N–H and O–H groups in total. The normalized spacial score (nSPS) is 11.9. The Bertz CT molecular complexity index is 363. The molecule has 0 aromatic heterocycles. The molecule has 0 heterocycles. The Morgan fingerprint density at radius 2 is 1.80 bits per heavy atom. The Hall–Kier alpha value is -1.88. The number of amides is 1. The lowest BCUT2D eigenvalue weighted by Gasteiger charge is -2.20. The van der Waals surface area contributed by atoms with Crippen LogP contribution in [0.2, 0.25) is 0 Å². The van der Waals surface area contributed by atoms with E-state index in [1.807, 2.05) is 0 Å². The van der Waals surface area contributed by atoms with Gasteiger partial charge in [0.1, 0.15) is 0 Å². The second-order valence-electron chi connectivity index (χ2n) is 3.04. The van der Waals surface area contributed by atoms with Gasteiger partial charge in [-0.1, -0.05) is 30.3 Å². The van der Waals surface area contributed by atoms with Crippen molar-refractivity contribution in [1.29, 1.82) is 0 Å². The largest absolute Gasteiger partial charge is 0.474 e. The predicted octanol–water partition coefficient (Wildman–Crippen LogP) is 1.05. The Kier molecular flexibility index (Phi) is 3.41. The van der Waals surface area contributed by atoms with Crippen LogP contribution in [0.15, 0.2) is 30.3 Å². The Morgan fingerprint density at radius 3 is 2.27 bits per heavy atom. The van der Waals surface area contributed by atoms with Crippen LogP contribution in [-0.2, 0) is 9.59 Å². The van der Waals surface area contributed by atoms with Crippen LogP contribution in [0.3, 0.4) is 0 Å². The Morgan fingerprint density at radius 1 is 1.27 bits per heavy atom. The molecular weight excluding hydrogens is 198 g/mol. The minimum absolute atomic E-state index is 0.206. The average Bonchev–Trinajstić information content (AvgIpc) is 2.27. The fourth-order valence-electron chi connectivity index (χ4n) is 1.15. The van der Waals surface area contributed by atoms with Gasteiger partial charge in [-0.05, 0) is 12.5 Å². The van der Waals surface area contributed by atoms with E-state index in [0.717, 1.165) is 0 Å². The number of hydrogen-bond donors (Lipinski definition) is 2. The molecular formula is C10H11NO4. The molecule has 0 fully saturated rings. The molecule has 80 valence electrons. The summed E-state index contributed by atoms with van der Waals surface area (Å²) in [6.07, 6.45) is 0. The molecule has 15 heavy (non-hydrogen) atoms. The fourth-order valence-corrected chi connectivity index (χ4v) is 1.15. The number of benzene rings is 1. The van der Waals surface area contributed by atoms with Gasteiger partial charge in [-0.3, -0.25) is 10.0 Å². The summed E-state index contributed by atoms with van der Waals surface area (Å²) in [5.74, 6) is -3.02. The number of carboxylic acid groups (broad SMARTS) is 1. The second-order valence-corrected chi connectivity index (χ2v) is 3.04. The third-order valence-corrected chi connectivity index (χ3v) is 2.04. The summed E-state index contributed by atoms with van der Waals surface area (Å²) in [6, 6.07) is 7.98. The van der Waals surface area contributed by atoms with Crippen molar-refractivity contribution < 1.29 is 19.9 Å². The van der Waals surface area contributed by atoms with Crippen LogP contribution in [0, 0.1) is 0 Å². The van der Waals surface area contributed by atoms with Gasteiger partial charge in [-0.15, -0.1) is 0 Å². The van der Waals surface area contributed by atoms with Crippen LogP contribution >= 0.6 is 0 Å². The molecule has 0 bridgehead atoms. The van der Waals surface area contributed by atoms with Gasteiger partial charge in [0.2, 0.25) is 0 Å². The maximum atomic E-state index is 10.9. The van der Waals surface area contributed by atoms with Crippen LogP contribution in [0.1, 0.15) is 18.5 Å². The van der Waals surface area contributed by atoms with E-state index in [2.05, 4.69) is 0 Å². The van der Waals surface area contributed by atoms with Crippen molar-refractivity contribution in [1.82, 2.24) is 5.06 Å². The maximum absolute atomic E-state index is 10.9. The van der Waals surface area contributed by atoms with Crippen LogP contribution in [0.25, 0.3) is 0 Å². The molecule has 0 saturated carbocycles. The third kappa shape index (κ3) is 2.54. The zero-order valence-electron chi connectivity index (χ0n) is 8.12. The summed E-state index contributed by atoms with van der Waals surface area (Å²) in [5, 5.41) is 17.9. The number of carboxylic acids is 1. The van der Waals surface area contributed by atoms with Crippen molar-refractivity contribution in [2.24, 2.45) is 0 Å². The molecule has 1 aromatic carbocycles. The molecule has 0 aliphatic carbocycles. The highest BCUT2D eigenvalue weighted by molar-refractivity contribution is 6.31. The van der Waals surface area contributed by atoms with Gasteiger partial charge in [0, 0.05) is 0 Å². The van der Waals surface area contributed by atoms with Crippen LogP contribution in [0.5, 0.6) is 0 Å². The molecule has 1 aromatic rings. The monoisotopic (exact) mass is 209 g/mol. The summed E-state index contributed by atoms with van der Waals surface area (Å²) in [6.45, 7) is 1.54. The molecule has 1 atom stereocenters. The van der Waals surface area contributed by atoms with Gasteiger partial charge in [-0.25, -0.2) is 9.86 Å². The first-order valence-electron chi connectivity index (χ1n) is 4.34. The molecule has 1 unspecified atom stereocenters. The van der Waals surface area contributed by atoms with E-state index in [1.54, 1.807) is 30.3 Å². The fraction of sp³-hybridized carbons (Fsp3) is 0.200. The molecule has 0 spiro atoms. The first-order valence-corrected chi connectivity index (χ1v) is 4.34. The molecule has 1 amide bonds. The number of nitrogens with zero attached hydrogens (tertiary/aromatic N) is 1. The maximum Gasteiger partial charge on any atom is 0.396 e.